The fraction of sp³-hybridized carbons (Fsp3) is 0.562. The minimum absolute atomic E-state index is 0.152. The lowest BCUT2D eigenvalue weighted by Crippen LogP contribution is -2.16. The largest absolute Gasteiger partial charge is 0.326 e. The van der Waals surface area contributed by atoms with Crippen molar-refractivity contribution in [2.45, 2.75) is 44.5 Å². The second-order valence-corrected chi connectivity index (χ2v) is 7.10. The van der Waals surface area contributed by atoms with Crippen LogP contribution in [-0.2, 0) is 6.54 Å². The van der Waals surface area contributed by atoms with Crippen LogP contribution < -0.4 is 0 Å². The summed E-state index contributed by atoms with van der Waals surface area (Å²) in [5.74, 6) is 1.54. The van der Waals surface area contributed by atoms with Gasteiger partial charge in [-0.25, -0.2) is 9.37 Å². The van der Waals surface area contributed by atoms with Crippen molar-refractivity contribution < 1.29 is 4.39 Å². The molecule has 1 atom stereocenters. The lowest BCUT2D eigenvalue weighted by molar-refractivity contribution is 0.369. The molecule has 0 N–H and O–H groups in total. The maximum atomic E-state index is 13.6. The monoisotopic (exact) mass is 292 g/mol. The van der Waals surface area contributed by atoms with Crippen LogP contribution >= 0.6 is 11.6 Å². The molecule has 2 fully saturated rings. The molecule has 2 nitrogen and oxygen atoms in total. The molecule has 2 saturated carbocycles. The lowest BCUT2D eigenvalue weighted by Gasteiger charge is -2.18. The molecule has 4 heteroatoms. The smallest absolute Gasteiger partial charge is 0.127 e. The van der Waals surface area contributed by atoms with Crippen molar-refractivity contribution in [3.63, 3.8) is 0 Å². The van der Waals surface area contributed by atoms with Crippen LogP contribution in [0.1, 0.15) is 43.8 Å². The topological polar surface area (TPSA) is 17.8 Å². The third-order valence-electron chi connectivity index (χ3n) is 4.90. The number of imidazole rings is 1. The molecule has 0 amide bonds. The highest BCUT2D eigenvalue weighted by atomic mass is 35.5. The number of hydrogen-bond donors (Lipinski definition) is 0. The highest BCUT2D eigenvalue weighted by Crippen LogP contribution is 2.62. The quantitative estimate of drug-likeness (QED) is 0.749. The molecule has 1 aromatic heterocycles. The highest BCUT2D eigenvalue weighted by molar-refractivity contribution is 6.20. The first-order valence-corrected chi connectivity index (χ1v) is 7.82. The van der Waals surface area contributed by atoms with Gasteiger partial charge in [-0.05, 0) is 62.1 Å². The summed E-state index contributed by atoms with van der Waals surface area (Å²) in [5.41, 5.74) is 2.18. The van der Waals surface area contributed by atoms with E-state index in [0.717, 1.165) is 29.3 Å². The number of hydrogen-bond acceptors (Lipinski definition) is 1. The summed E-state index contributed by atoms with van der Waals surface area (Å²) in [6, 6.07) is 4.81. The molecule has 0 spiro atoms. The molecular weight excluding hydrogens is 275 g/mol. The Balaban J connectivity index is 1.82. The predicted molar refractivity (Wildman–Crippen MR) is 78.4 cm³/mol. The van der Waals surface area contributed by atoms with Crippen molar-refractivity contribution in [3.05, 3.63) is 29.8 Å². The average molecular weight is 293 g/mol. The van der Waals surface area contributed by atoms with Crippen LogP contribution in [0, 0.1) is 17.2 Å². The van der Waals surface area contributed by atoms with Gasteiger partial charge < -0.3 is 4.57 Å². The Labute approximate surface area is 122 Å². The Morgan fingerprint density at radius 1 is 1.45 bits per heavy atom. The zero-order chi connectivity index (χ0) is 13.9. The standard InChI is InChI=1S/C16H18ClFN2/c1-10(17)15-19-13-5-4-12(18)8-14(13)20(15)9-16(6-7-16)11-2-3-11/h4-5,8,10-11H,2-3,6-7,9H2,1H3. The molecule has 4 rings (SSSR count). The van der Waals surface area contributed by atoms with E-state index in [1.54, 1.807) is 12.1 Å². The Bertz CT molecular complexity index is 668. The highest BCUT2D eigenvalue weighted by Gasteiger charge is 2.54. The SMILES string of the molecule is CC(Cl)c1nc2ccc(F)cc2n1CC1(C2CC2)CC1. The number of halogens is 2. The van der Waals surface area contributed by atoms with Crippen LogP contribution in [0.3, 0.4) is 0 Å². The summed E-state index contributed by atoms with van der Waals surface area (Å²) in [7, 11) is 0. The zero-order valence-corrected chi connectivity index (χ0v) is 12.3. The molecule has 2 aliphatic carbocycles. The van der Waals surface area contributed by atoms with Gasteiger partial charge in [0.05, 0.1) is 16.4 Å². The number of fused-ring (bicyclic) bond motifs is 1. The van der Waals surface area contributed by atoms with E-state index in [9.17, 15) is 4.39 Å². The van der Waals surface area contributed by atoms with E-state index < -0.39 is 0 Å². The van der Waals surface area contributed by atoms with E-state index >= 15 is 0 Å². The minimum Gasteiger partial charge on any atom is -0.326 e. The number of benzene rings is 1. The van der Waals surface area contributed by atoms with Crippen LogP contribution in [0.2, 0.25) is 0 Å². The Morgan fingerprint density at radius 3 is 2.80 bits per heavy atom. The fourth-order valence-corrected chi connectivity index (χ4v) is 3.62. The number of aromatic nitrogens is 2. The fourth-order valence-electron chi connectivity index (χ4n) is 3.45. The minimum atomic E-state index is -0.205. The molecular formula is C16H18ClFN2. The molecule has 2 aromatic rings. The summed E-state index contributed by atoms with van der Waals surface area (Å²) >= 11 is 6.29. The van der Waals surface area contributed by atoms with Gasteiger partial charge in [-0.2, -0.15) is 0 Å². The first-order chi connectivity index (χ1) is 9.59. The molecule has 0 radical (unpaired) electrons. The zero-order valence-electron chi connectivity index (χ0n) is 11.6. The average Bonchev–Trinajstić information content (AvgIpc) is 3.28. The van der Waals surface area contributed by atoms with Crippen molar-refractivity contribution >= 4 is 22.6 Å². The van der Waals surface area contributed by atoms with Gasteiger partial charge in [-0.15, -0.1) is 11.6 Å². The summed E-state index contributed by atoms with van der Waals surface area (Å²) in [6.45, 7) is 2.89. The molecule has 106 valence electrons. The maximum Gasteiger partial charge on any atom is 0.127 e. The van der Waals surface area contributed by atoms with Gasteiger partial charge in [-0.1, -0.05) is 0 Å². The third-order valence-corrected chi connectivity index (χ3v) is 5.10. The second kappa shape index (κ2) is 4.20. The van der Waals surface area contributed by atoms with Crippen molar-refractivity contribution in [1.82, 2.24) is 9.55 Å². The molecule has 1 aromatic carbocycles. The van der Waals surface area contributed by atoms with Crippen molar-refractivity contribution in [2.24, 2.45) is 11.3 Å². The van der Waals surface area contributed by atoms with Crippen LogP contribution in [0.5, 0.6) is 0 Å². The van der Waals surface area contributed by atoms with E-state index in [1.165, 1.54) is 31.7 Å². The van der Waals surface area contributed by atoms with Gasteiger partial charge in [0.1, 0.15) is 11.6 Å². The van der Waals surface area contributed by atoms with Gasteiger partial charge in [0, 0.05) is 6.54 Å². The normalized spacial score (nSPS) is 22.1. The number of rotatable bonds is 4. The predicted octanol–water partition coefficient (Wildman–Crippen LogP) is 4.67. The molecule has 1 heterocycles. The molecule has 0 saturated heterocycles. The van der Waals surface area contributed by atoms with Gasteiger partial charge >= 0.3 is 0 Å². The van der Waals surface area contributed by atoms with Gasteiger partial charge in [0.2, 0.25) is 0 Å². The van der Waals surface area contributed by atoms with E-state index in [2.05, 4.69) is 9.55 Å². The van der Waals surface area contributed by atoms with Crippen molar-refractivity contribution in [1.29, 1.82) is 0 Å². The first-order valence-electron chi connectivity index (χ1n) is 7.39. The summed E-state index contributed by atoms with van der Waals surface area (Å²) in [5, 5.41) is -0.152. The maximum absolute atomic E-state index is 13.6. The summed E-state index contributed by atoms with van der Waals surface area (Å²) in [4.78, 5) is 4.61. The Kier molecular flexibility index (Phi) is 2.65. The van der Waals surface area contributed by atoms with Gasteiger partial charge in [0.25, 0.3) is 0 Å². The van der Waals surface area contributed by atoms with Crippen LogP contribution in [0.25, 0.3) is 11.0 Å². The van der Waals surface area contributed by atoms with Crippen LogP contribution in [0.15, 0.2) is 18.2 Å². The number of alkyl halides is 1. The van der Waals surface area contributed by atoms with Crippen LogP contribution in [0.4, 0.5) is 4.39 Å². The van der Waals surface area contributed by atoms with Crippen molar-refractivity contribution in [3.8, 4) is 0 Å². The van der Waals surface area contributed by atoms with Gasteiger partial charge in [-0.3, -0.25) is 0 Å². The summed E-state index contributed by atoms with van der Waals surface area (Å²) in [6.07, 6.45) is 5.30. The molecule has 0 aliphatic heterocycles. The van der Waals surface area contributed by atoms with Gasteiger partial charge in [0.15, 0.2) is 0 Å². The molecule has 0 bridgehead atoms. The lowest BCUT2D eigenvalue weighted by atomic mass is 10.0. The van der Waals surface area contributed by atoms with Crippen molar-refractivity contribution in [2.75, 3.05) is 0 Å². The molecule has 2 aliphatic rings. The first kappa shape index (κ1) is 12.6. The Hall–Kier alpha value is -1.09. The van der Waals surface area contributed by atoms with E-state index in [1.807, 2.05) is 6.92 Å². The molecule has 20 heavy (non-hydrogen) atoms. The second-order valence-electron chi connectivity index (χ2n) is 6.44. The molecule has 1 unspecified atom stereocenters. The number of nitrogens with zero attached hydrogens (tertiary/aromatic N) is 2. The van der Waals surface area contributed by atoms with Crippen LogP contribution in [-0.4, -0.2) is 9.55 Å². The van der Waals surface area contributed by atoms with E-state index in [0.29, 0.717) is 5.41 Å². The summed E-state index contributed by atoms with van der Waals surface area (Å²) < 4.78 is 15.7. The van der Waals surface area contributed by atoms with E-state index in [-0.39, 0.29) is 11.2 Å². The van der Waals surface area contributed by atoms with E-state index in [4.69, 9.17) is 11.6 Å². The third kappa shape index (κ3) is 1.95. The Morgan fingerprint density at radius 2 is 2.20 bits per heavy atom.